The van der Waals surface area contributed by atoms with Crippen molar-refractivity contribution in [1.29, 1.82) is 0 Å². The molecule has 2 heterocycles. The summed E-state index contributed by atoms with van der Waals surface area (Å²) in [5, 5.41) is 13.9. The zero-order valence-corrected chi connectivity index (χ0v) is 22.1. The fourth-order valence-electron chi connectivity index (χ4n) is 6.64. The number of nitrogens with zero attached hydrogens (tertiary/aromatic N) is 1. The van der Waals surface area contributed by atoms with Gasteiger partial charge < -0.3 is 19.3 Å². The fraction of sp³-hybridized carbons (Fsp3) is 0.448. The molecule has 2 amide bonds. The van der Waals surface area contributed by atoms with E-state index >= 15 is 0 Å². The Labute approximate surface area is 226 Å². The first-order valence-electron chi connectivity index (χ1n) is 13.1. The Kier molecular flexibility index (Phi) is 7.07. The van der Waals surface area contributed by atoms with E-state index in [1.807, 2.05) is 0 Å². The quantitative estimate of drug-likeness (QED) is 0.405. The van der Waals surface area contributed by atoms with Crippen LogP contribution in [-0.4, -0.2) is 61.1 Å². The molecular formula is C29H32N2O8. The van der Waals surface area contributed by atoms with Crippen LogP contribution in [0, 0.1) is 11.8 Å². The average Bonchev–Trinajstić information content (AvgIpc) is 3.46. The highest BCUT2D eigenvalue weighted by Crippen LogP contribution is 2.55. The minimum absolute atomic E-state index is 0.0302. The number of likely N-dealkylation sites (tertiary alicyclic amines) is 1. The predicted molar refractivity (Wildman–Crippen MR) is 138 cm³/mol. The molecule has 1 aliphatic carbocycles. The second-order valence-electron chi connectivity index (χ2n) is 10.2. The van der Waals surface area contributed by atoms with E-state index in [4.69, 9.17) is 14.2 Å². The Morgan fingerprint density at radius 3 is 2.26 bits per heavy atom. The smallest absolute Gasteiger partial charge is 0.341 e. The molecule has 2 saturated heterocycles. The van der Waals surface area contributed by atoms with Crippen molar-refractivity contribution in [2.24, 2.45) is 11.8 Å². The largest absolute Gasteiger partial charge is 0.497 e. The molecule has 2 aliphatic heterocycles. The summed E-state index contributed by atoms with van der Waals surface area (Å²) < 4.78 is 16.0. The van der Waals surface area contributed by atoms with Gasteiger partial charge in [-0.25, -0.2) is 9.59 Å². The first-order chi connectivity index (χ1) is 18.8. The van der Waals surface area contributed by atoms with Crippen molar-refractivity contribution in [3.05, 3.63) is 59.2 Å². The summed E-state index contributed by atoms with van der Waals surface area (Å²) in [6.07, 6.45) is 4.17. The highest BCUT2D eigenvalue weighted by Gasteiger charge is 2.70. The van der Waals surface area contributed by atoms with Gasteiger partial charge in [-0.3, -0.25) is 19.8 Å². The number of benzene rings is 2. The highest BCUT2D eigenvalue weighted by atomic mass is 16.5. The van der Waals surface area contributed by atoms with Crippen LogP contribution in [0.15, 0.2) is 42.5 Å². The number of carbonyl (C=O) groups is 4. The number of carboxylic acid groups (broad SMARTS) is 1. The number of aliphatic carboxylic acids is 1. The average molecular weight is 537 g/mol. The van der Waals surface area contributed by atoms with Gasteiger partial charge >= 0.3 is 11.9 Å². The molecule has 5 rings (SSSR count). The Morgan fingerprint density at radius 1 is 0.974 bits per heavy atom. The molecule has 206 valence electrons. The van der Waals surface area contributed by atoms with E-state index < -0.39 is 47.2 Å². The maximum absolute atomic E-state index is 14.2. The minimum Gasteiger partial charge on any atom is -0.497 e. The topological polar surface area (TPSA) is 131 Å². The number of ether oxygens (including phenoxy) is 3. The molecule has 0 radical (unpaired) electrons. The fourth-order valence-corrected chi connectivity index (χ4v) is 6.64. The van der Waals surface area contributed by atoms with Crippen LogP contribution in [0.2, 0.25) is 0 Å². The summed E-state index contributed by atoms with van der Waals surface area (Å²) >= 11 is 0. The zero-order valence-electron chi connectivity index (χ0n) is 22.1. The normalized spacial score (nSPS) is 26.8. The molecule has 2 aromatic carbocycles. The van der Waals surface area contributed by atoms with Crippen LogP contribution >= 0.6 is 0 Å². The van der Waals surface area contributed by atoms with E-state index in [1.165, 1.54) is 32.3 Å². The van der Waals surface area contributed by atoms with Gasteiger partial charge in [-0.2, -0.15) is 0 Å². The number of hydrogen-bond donors (Lipinski definition) is 2. The van der Waals surface area contributed by atoms with Crippen LogP contribution in [0.5, 0.6) is 11.5 Å². The molecule has 10 heteroatoms. The molecule has 39 heavy (non-hydrogen) atoms. The lowest BCUT2D eigenvalue weighted by molar-refractivity contribution is -0.153. The second kappa shape index (κ2) is 10.3. The summed E-state index contributed by atoms with van der Waals surface area (Å²) in [7, 11) is 4.06. The van der Waals surface area contributed by atoms with Gasteiger partial charge in [0.1, 0.15) is 17.1 Å². The number of carboxylic acids is 1. The molecule has 4 atom stereocenters. The van der Waals surface area contributed by atoms with Crippen molar-refractivity contribution in [3.8, 4) is 11.5 Å². The molecular weight excluding hydrogens is 504 g/mol. The molecule has 1 saturated carbocycles. The van der Waals surface area contributed by atoms with E-state index in [-0.39, 0.29) is 22.9 Å². The van der Waals surface area contributed by atoms with Gasteiger partial charge in [-0.1, -0.05) is 49.6 Å². The molecule has 0 bridgehead atoms. The van der Waals surface area contributed by atoms with Crippen LogP contribution < -0.4 is 14.8 Å². The third kappa shape index (κ3) is 4.05. The van der Waals surface area contributed by atoms with Crippen molar-refractivity contribution in [2.75, 3.05) is 21.3 Å². The Hall–Kier alpha value is -3.92. The predicted octanol–water partition coefficient (Wildman–Crippen LogP) is 3.05. The Bertz CT molecular complexity index is 1310. The van der Waals surface area contributed by atoms with Crippen LogP contribution in [0.25, 0.3) is 0 Å². The van der Waals surface area contributed by atoms with E-state index in [9.17, 15) is 24.3 Å². The van der Waals surface area contributed by atoms with E-state index in [2.05, 4.69) is 5.32 Å². The molecule has 10 nitrogen and oxygen atoms in total. The standard InChI is InChI=1S/C29H32N2O8/c1-37-18-14-19(21(27(34)39-3)20(15-18)38-2)24-22-23(26(33)31(25(22)32)17-12-8-5-9-13-17)29(30-24,28(35)36)16-10-6-4-7-11-16/h4,6-7,10-11,14-15,17,22-24,30H,5,8-9,12-13H2,1-3H3,(H,35,36). The maximum atomic E-state index is 14.2. The van der Waals surface area contributed by atoms with Gasteiger partial charge in [0.15, 0.2) is 5.54 Å². The number of fused-ring (bicyclic) bond motifs is 1. The van der Waals surface area contributed by atoms with Crippen LogP contribution in [0.1, 0.15) is 59.6 Å². The molecule has 2 N–H and O–H groups in total. The number of hydrogen-bond acceptors (Lipinski definition) is 8. The summed E-state index contributed by atoms with van der Waals surface area (Å²) in [5.41, 5.74) is -1.28. The van der Waals surface area contributed by atoms with Gasteiger partial charge in [0.05, 0.1) is 33.2 Å². The van der Waals surface area contributed by atoms with E-state index in [0.717, 1.165) is 19.3 Å². The van der Waals surface area contributed by atoms with Crippen LogP contribution in [0.4, 0.5) is 0 Å². The second-order valence-corrected chi connectivity index (χ2v) is 10.2. The lowest BCUT2D eigenvalue weighted by atomic mass is 9.75. The summed E-state index contributed by atoms with van der Waals surface area (Å²) in [4.78, 5) is 55.9. The SMILES string of the molecule is COC(=O)c1c(OC)cc(OC)cc1C1NC(C(=O)O)(c2ccccc2)C2C(=O)N(C3CCCCC3)C(=O)C12. The van der Waals surface area contributed by atoms with Crippen LogP contribution in [0.3, 0.4) is 0 Å². The molecule has 3 aliphatic rings. The lowest BCUT2D eigenvalue weighted by Crippen LogP contribution is -2.54. The Balaban J connectivity index is 1.76. The van der Waals surface area contributed by atoms with Crippen molar-refractivity contribution in [2.45, 2.75) is 49.7 Å². The van der Waals surface area contributed by atoms with Gasteiger partial charge in [0, 0.05) is 18.2 Å². The minimum atomic E-state index is -1.92. The van der Waals surface area contributed by atoms with Gasteiger partial charge in [-0.05, 0) is 30.0 Å². The van der Waals surface area contributed by atoms with Gasteiger partial charge in [-0.15, -0.1) is 0 Å². The third-order valence-electron chi connectivity index (χ3n) is 8.39. The summed E-state index contributed by atoms with van der Waals surface area (Å²) in [6.45, 7) is 0. The molecule has 3 fully saturated rings. The molecule has 0 spiro atoms. The zero-order chi connectivity index (χ0) is 27.9. The first-order valence-corrected chi connectivity index (χ1v) is 13.1. The third-order valence-corrected chi connectivity index (χ3v) is 8.39. The van der Waals surface area contributed by atoms with Crippen molar-refractivity contribution in [1.82, 2.24) is 10.2 Å². The lowest BCUT2D eigenvalue weighted by Gasteiger charge is -2.35. The van der Waals surface area contributed by atoms with Gasteiger partial charge in [0.25, 0.3) is 0 Å². The Morgan fingerprint density at radius 2 is 1.67 bits per heavy atom. The van der Waals surface area contributed by atoms with E-state index in [0.29, 0.717) is 24.2 Å². The summed E-state index contributed by atoms with van der Waals surface area (Å²) in [6, 6.07) is 10.2. The van der Waals surface area contributed by atoms with Gasteiger partial charge in [0.2, 0.25) is 11.8 Å². The van der Waals surface area contributed by atoms with E-state index in [1.54, 1.807) is 36.4 Å². The highest BCUT2D eigenvalue weighted by molar-refractivity contribution is 6.10. The maximum Gasteiger partial charge on any atom is 0.341 e. The first kappa shape index (κ1) is 26.7. The van der Waals surface area contributed by atoms with Crippen molar-refractivity contribution < 1.29 is 38.5 Å². The monoisotopic (exact) mass is 536 g/mol. The number of esters is 1. The number of amides is 2. The number of carbonyl (C=O) groups excluding carboxylic acids is 3. The molecule has 0 aromatic heterocycles. The summed E-state index contributed by atoms with van der Waals surface area (Å²) in [5.74, 6) is -4.80. The van der Waals surface area contributed by atoms with Crippen molar-refractivity contribution >= 4 is 23.8 Å². The molecule has 2 aromatic rings. The number of imide groups is 1. The number of rotatable bonds is 7. The van der Waals surface area contributed by atoms with Crippen molar-refractivity contribution in [3.63, 3.8) is 0 Å². The number of nitrogens with one attached hydrogen (secondary N) is 1. The number of methoxy groups -OCH3 is 3. The molecule has 4 unspecified atom stereocenters. The van der Waals surface area contributed by atoms with Crippen LogP contribution in [-0.2, 0) is 24.7 Å².